The highest BCUT2D eigenvalue weighted by Gasteiger charge is 2.16. The minimum Gasteiger partial charge on any atom is -0.242 e. The van der Waals surface area contributed by atoms with Crippen molar-refractivity contribution in [3.8, 4) is 0 Å². The summed E-state index contributed by atoms with van der Waals surface area (Å²) in [7, 11) is -5.66. The standard InChI is InChI=1S/C9H14BrN3O4S2/c1-13(18(2,14)15)6-5-12-19(16,17)9-4-3-8(10)7-11-9/h3-4,7,12H,5-6H2,1-2H3. The third kappa shape index (κ3) is 5.15. The Morgan fingerprint density at radius 1 is 1.32 bits per heavy atom. The summed E-state index contributed by atoms with van der Waals surface area (Å²) in [6.45, 7) is 0.0260. The van der Waals surface area contributed by atoms with E-state index in [1.54, 1.807) is 6.07 Å². The Balaban J connectivity index is 2.64. The van der Waals surface area contributed by atoms with Gasteiger partial charge in [-0.2, -0.15) is 0 Å². The SMILES string of the molecule is CN(CCNS(=O)(=O)c1ccc(Br)cn1)S(C)(=O)=O. The van der Waals surface area contributed by atoms with Gasteiger partial charge in [-0.15, -0.1) is 0 Å². The van der Waals surface area contributed by atoms with Gasteiger partial charge in [-0.1, -0.05) is 0 Å². The average Bonchev–Trinajstić information content (AvgIpc) is 2.28. The monoisotopic (exact) mass is 371 g/mol. The van der Waals surface area contributed by atoms with E-state index >= 15 is 0 Å². The lowest BCUT2D eigenvalue weighted by Crippen LogP contribution is -2.35. The summed E-state index contributed by atoms with van der Waals surface area (Å²) in [4.78, 5) is 3.77. The fraction of sp³-hybridized carbons (Fsp3) is 0.444. The number of rotatable bonds is 6. The van der Waals surface area contributed by atoms with Crippen LogP contribution in [0.25, 0.3) is 0 Å². The van der Waals surface area contributed by atoms with E-state index in [0.29, 0.717) is 4.47 Å². The molecule has 0 aliphatic heterocycles. The minimum absolute atomic E-state index is 0.0242. The molecule has 0 atom stereocenters. The zero-order chi connectivity index (χ0) is 14.7. The van der Waals surface area contributed by atoms with Crippen LogP contribution in [0.15, 0.2) is 27.8 Å². The topological polar surface area (TPSA) is 96.4 Å². The fourth-order valence-electron chi connectivity index (χ4n) is 1.10. The maximum atomic E-state index is 11.8. The Morgan fingerprint density at radius 3 is 2.42 bits per heavy atom. The summed E-state index contributed by atoms with van der Waals surface area (Å²) < 4.78 is 49.9. The Labute approximate surface area is 121 Å². The van der Waals surface area contributed by atoms with Crippen LogP contribution in [0.2, 0.25) is 0 Å². The quantitative estimate of drug-likeness (QED) is 0.759. The van der Waals surface area contributed by atoms with Crippen molar-refractivity contribution in [2.24, 2.45) is 0 Å². The van der Waals surface area contributed by atoms with Crippen molar-refractivity contribution in [1.29, 1.82) is 0 Å². The number of pyridine rings is 1. The van der Waals surface area contributed by atoms with E-state index in [1.807, 2.05) is 0 Å². The van der Waals surface area contributed by atoms with Crippen LogP contribution in [-0.2, 0) is 20.0 Å². The summed E-state index contributed by atoms with van der Waals surface area (Å²) in [6, 6.07) is 2.91. The van der Waals surface area contributed by atoms with Crippen LogP contribution >= 0.6 is 15.9 Å². The number of hydrogen-bond acceptors (Lipinski definition) is 5. The van der Waals surface area contributed by atoms with Crippen molar-refractivity contribution in [2.45, 2.75) is 5.03 Å². The van der Waals surface area contributed by atoms with Gasteiger partial charge in [-0.25, -0.2) is 30.8 Å². The molecule has 0 spiro atoms. The summed E-state index contributed by atoms with van der Waals surface area (Å²) in [5, 5.41) is -0.113. The lowest BCUT2D eigenvalue weighted by molar-refractivity contribution is 0.474. The Kier molecular flexibility index (Phi) is 5.44. The summed E-state index contributed by atoms with van der Waals surface area (Å²) in [5.74, 6) is 0. The van der Waals surface area contributed by atoms with Gasteiger partial charge < -0.3 is 0 Å². The smallest absolute Gasteiger partial charge is 0.242 e. The molecule has 0 saturated carbocycles. The van der Waals surface area contributed by atoms with Crippen LogP contribution in [0.1, 0.15) is 0 Å². The van der Waals surface area contributed by atoms with E-state index in [-0.39, 0.29) is 18.1 Å². The van der Waals surface area contributed by atoms with Gasteiger partial charge in [0.05, 0.1) is 6.26 Å². The molecule has 0 aliphatic rings. The van der Waals surface area contributed by atoms with Gasteiger partial charge >= 0.3 is 0 Å². The van der Waals surface area contributed by atoms with E-state index < -0.39 is 20.0 Å². The van der Waals surface area contributed by atoms with Crippen molar-refractivity contribution in [2.75, 3.05) is 26.4 Å². The van der Waals surface area contributed by atoms with Crippen LogP contribution in [-0.4, -0.2) is 52.5 Å². The highest BCUT2D eigenvalue weighted by Crippen LogP contribution is 2.10. The molecule has 0 amide bonds. The molecule has 1 aromatic rings. The van der Waals surface area contributed by atoms with Gasteiger partial charge in [0.25, 0.3) is 10.0 Å². The molecule has 1 N–H and O–H groups in total. The average molecular weight is 372 g/mol. The second-order valence-electron chi connectivity index (χ2n) is 3.80. The number of aromatic nitrogens is 1. The second-order valence-corrected chi connectivity index (χ2v) is 8.52. The van der Waals surface area contributed by atoms with Crippen molar-refractivity contribution in [1.82, 2.24) is 14.0 Å². The van der Waals surface area contributed by atoms with Gasteiger partial charge in [0, 0.05) is 30.8 Å². The highest BCUT2D eigenvalue weighted by atomic mass is 79.9. The first kappa shape index (κ1) is 16.5. The molecule has 19 heavy (non-hydrogen) atoms. The third-order valence-corrected chi connectivity index (χ3v) is 5.42. The molecule has 0 unspecified atom stereocenters. The van der Waals surface area contributed by atoms with Crippen molar-refractivity contribution in [3.63, 3.8) is 0 Å². The molecular weight excluding hydrogens is 358 g/mol. The van der Waals surface area contributed by atoms with Crippen LogP contribution in [0.5, 0.6) is 0 Å². The third-order valence-electron chi connectivity index (χ3n) is 2.26. The van der Waals surface area contributed by atoms with E-state index in [1.165, 1.54) is 19.3 Å². The molecule has 7 nitrogen and oxygen atoms in total. The molecule has 0 fully saturated rings. The molecule has 0 aliphatic carbocycles. The molecule has 0 bridgehead atoms. The van der Waals surface area contributed by atoms with Crippen LogP contribution in [0.4, 0.5) is 0 Å². The normalized spacial score (nSPS) is 12.8. The van der Waals surface area contributed by atoms with Gasteiger partial charge in [-0.05, 0) is 28.1 Å². The number of halogens is 1. The van der Waals surface area contributed by atoms with Crippen molar-refractivity contribution < 1.29 is 16.8 Å². The van der Waals surface area contributed by atoms with E-state index in [0.717, 1.165) is 10.6 Å². The van der Waals surface area contributed by atoms with E-state index in [9.17, 15) is 16.8 Å². The van der Waals surface area contributed by atoms with E-state index in [2.05, 4.69) is 25.6 Å². The lowest BCUT2D eigenvalue weighted by atomic mass is 10.5. The zero-order valence-corrected chi connectivity index (χ0v) is 13.6. The molecule has 1 heterocycles. The van der Waals surface area contributed by atoms with Crippen LogP contribution in [0.3, 0.4) is 0 Å². The molecule has 10 heteroatoms. The predicted molar refractivity (Wildman–Crippen MR) is 74.6 cm³/mol. The molecule has 0 aromatic carbocycles. The van der Waals surface area contributed by atoms with Gasteiger partial charge in [0.15, 0.2) is 5.03 Å². The second kappa shape index (κ2) is 6.27. The first-order valence-corrected chi connectivity index (χ1v) is 9.28. The van der Waals surface area contributed by atoms with Gasteiger partial charge in [-0.3, -0.25) is 0 Å². The number of nitrogens with zero attached hydrogens (tertiary/aromatic N) is 2. The highest BCUT2D eigenvalue weighted by molar-refractivity contribution is 9.10. The van der Waals surface area contributed by atoms with E-state index in [4.69, 9.17) is 0 Å². The first-order chi connectivity index (χ1) is 8.63. The predicted octanol–water partition coefficient (Wildman–Crippen LogP) is 0.0138. The Morgan fingerprint density at radius 2 is 1.95 bits per heavy atom. The van der Waals surface area contributed by atoms with Crippen LogP contribution in [0, 0.1) is 0 Å². The largest absolute Gasteiger partial charge is 0.258 e. The molecule has 1 aromatic heterocycles. The summed E-state index contributed by atoms with van der Waals surface area (Å²) >= 11 is 3.15. The molecule has 0 saturated heterocycles. The zero-order valence-electron chi connectivity index (χ0n) is 10.4. The fourth-order valence-corrected chi connectivity index (χ4v) is 2.70. The maximum absolute atomic E-state index is 11.8. The first-order valence-electron chi connectivity index (χ1n) is 5.15. The van der Waals surface area contributed by atoms with Gasteiger partial charge in [0.2, 0.25) is 10.0 Å². The molecular formula is C9H14BrN3O4S2. The number of likely N-dealkylation sites (N-methyl/N-ethyl adjacent to an activating group) is 1. The number of hydrogen-bond donors (Lipinski definition) is 1. The minimum atomic E-state index is -3.72. The number of nitrogens with one attached hydrogen (secondary N) is 1. The van der Waals surface area contributed by atoms with Gasteiger partial charge in [0.1, 0.15) is 0 Å². The molecule has 0 radical (unpaired) electrons. The summed E-state index contributed by atoms with van der Waals surface area (Å²) in [6.07, 6.45) is 2.43. The molecule has 108 valence electrons. The van der Waals surface area contributed by atoms with Crippen molar-refractivity contribution >= 4 is 36.0 Å². The summed E-state index contributed by atoms with van der Waals surface area (Å²) in [5.41, 5.74) is 0. The van der Waals surface area contributed by atoms with Crippen LogP contribution < -0.4 is 4.72 Å². The number of sulfonamides is 2. The lowest BCUT2D eigenvalue weighted by Gasteiger charge is -2.14. The molecule has 1 rings (SSSR count). The van der Waals surface area contributed by atoms with Crippen molar-refractivity contribution in [3.05, 3.63) is 22.8 Å². The Hall–Kier alpha value is -0.550. The Bertz CT molecular complexity index is 628. The maximum Gasteiger partial charge on any atom is 0.258 e.